The normalized spacial score (nSPS) is 11.6. The van der Waals surface area contributed by atoms with Gasteiger partial charge in [-0.1, -0.05) is 17.8 Å². The summed E-state index contributed by atoms with van der Waals surface area (Å²) in [5.74, 6) is 0.00828. The first-order valence-electron chi connectivity index (χ1n) is 7.27. The Labute approximate surface area is 160 Å². The highest BCUT2D eigenvalue weighted by Gasteiger charge is 2.17. The average Bonchev–Trinajstić information content (AvgIpc) is 2.56. The predicted octanol–water partition coefficient (Wildman–Crippen LogP) is 3.13. The van der Waals surface area contributed by atoms with Gasteiger partial charge in [0, 0.05) is 24.8 Å². The third-order valence-electron chi connectivity index (χ3n) is 3.24. The van der Waals surface area contributed by atoms with Crippen molar-refractivity contribution in [2.75, 3.05) is 25.2 Å². The second-order valence-electron chi connectivity index (χ2n) is 5.44. The first-order chi connectivity index (χ1) is 11.7. The van der Waals surface area contributed by atoms with E-state index in [2.05, 4.69) is 26.2 Å². The summed E-state index contributed by atoms with van der Waals surface area (Å²) in [5.41, 5.74) is 1.80. The van der Waals surface area contributed by atoms with E-state index in [1.807, 2.05) is 25.1 Å². The summed E-state index contributed by atoms with van der Waals surface area (Å²) in [6.07, 6.45) is 1.30. The highest BCUT2D eigenvalue weighted by Crippen LogP contribution is 2.24. The zero-order valence-electron chi connectivity index (χ0n) is 14.0. The maximum absolute atomic E-state index is 12.1. The van der Waals surface area contributed by atoms with Gasteiger partial charge in [0.25, 0.3) is 0 Å². The molecule has 0 spiro atoms. The molecule has 1 heterocycles. The van der Waals surface area contributed by atoms with Crippen LogP contribution in [0.5, 0.6) is 0 Å². The van der Waals surface area contributed by atoms with Crippen molar-refractivity contribution in [1.82, 2.24) is 9.29 Å². The molecule has 0 atom stereocenters. The first-order valence-corrected chi connectivity index (χ1v) is 10.5. The van der Waals surface area contributed by atoms with Gasteiger partial charge in [0.15, 0.2) is 0 Å². The Morgan fingerprint density at radius 1 is 1.28 bits per heavy atom. The number of pyridine rings is 1. The van der Waals surface area contributed by atoms with E-state index in [0.717, 1.165) is 14.3 Å². The number of halogens is 1. The lowest BCUT2D eigenvalue weighted by Gasteiger charge is -2.11. The Morgan fingerprint density at radius 3 is 2.56 bits per heavy atom. The molecule has 1 aromatic heterocycles. The fraction of sp³-hybridized carbons (Fsp3) is 0.250. The average molecular weight is 444 g/mol. The quantitative estimate of drug-likeness (QED) is 0.693. The van der Waals surface area contributed by atoms with Crippen molar-refractivity contribution in [2.24, 2.45) is 0 Å². The van der Waals surface area contributed by atoms with Crippen molar-refractivity contribution >= 4 is 49.3 Å². The molecule has 9 heteroatoms. The minimum absolute atomic E-state index is 0.120. The number of nitrogens with zero attached hydrogens (tertiary/aromatic N) is 2. The van der Waals surface area contributed by atoms with Crippen molar-refractivity contribution in [3.05, 3.63) is 46.6 Å². The number of aryl methyl sites for hydroxylation is 1. The molecule has 2 aromatic rings. The molecule has 25 heavy (non-hydrogen) atoms. The van der Waals surface area contributed by atoms with Crippen molar-refractivity contribution in [3.8, 4) is 0 Å². The molecule has 1 amide bonds. The molecule has 1 aromatic carbocycles. The molecule has 0 bridgehead atoms. The molecule has 0 saturated heterocycles. The molecule has 0 aliphatic carbocycles. The number of hydrogen-bond acceptors (Lipinski definition) is 5. The number of anilines is 1. The Morgan fingerprint density at radius 2 is 2.00 bits per heavy atom. The summed E-state index contributed by atoms with van der Waals surface area (Å²) < 4.78 is 25.9. The molecule has 0 radical (unpaired) electrons. The standard InChI is InChI=1S/C16H18BrN3O3S2/c1-11-4-6-14(13(17)8-11)19-15(21)10-24-16-7-5-12(9-18-16)25(22,23)20(2)3/h4-9H,10H2,1-3H3,(H,19,21). The number of thioether (sulfide) groups is 1. The van der Waals surface area contributed by atoms with Crippen LogP contribution in [-0.4, -0.2) is 43.5 Å². The van der Waals surface area contributed by atoms with Gasteiger partial charge in [0.05, 0.1) is 16.5 Å². The van der Waals surface area contributed by atoms with E-state index in [4.69, 9.17) is 0 Å². The van der Waals surface area contributed by atoms with Gasteiger partial charge in [-0.15, -0.1) is 0 Å². The van der Waals surface area contributed by atoms with Crippen molar-refractivity contribution < 1.29 is 13.2 Å². The van der Waals surface area contributed by atoms with Gasteiger partial charge >= 0.3 is 0 Å². The molecule has 0 unspecified atom stereocenters. The van der Waals surface area contributed by atoms with Crippen LogP contribution in [0.3, 0.4) is 0 Å². The van der Waals surface area contributed by atoms with E-state index in [-0.39, 0.29) is 16.6 Å². The van der Waals surface area contributed by atoms with E-state index in [9.17, 15) is 13.2 Å². The number of carbonyl (C=O) groups is 1. The van der Waals surface area contributed by atoms with Gasteiger partial charge in [-0.05, 0) is 52.7 Å². The summed E-state index contributed by atoms with van der Waals surface area (Å²) in [7, 11) is -0.569. The number of amides is 1. The summed E-state index contributed by atoms with van der Waals surface area (Å²) in [5, 5.41) is 3.40. The van der Waals surface area contributed by atoms with Crippen LogP contribution < -0.4 is 5.32 Å². The Bertz CT molecular complexity index is 869. The van der Waals surface area contributed by atoms with Crippen LogP contribution in [0.25, 0.3) is 0 Å². The number of aromatic nitrogens is 1. The van der Waals surface area contributed by atoms with Gasteiger partial charge in [-0.2, -0.15) is 0 Å². The highest BCUT2D eigenvalue weighted by atomic mass is 79.9. The van der Waals surface area contributed by atoms with Crippen LogP contribution in [-0.2, 0) is 14.8 Å². The molecule has 6 nitrogen and oxygen atoms in total. The lowest BCUT2D eigenvalue weighted by atomic mass is 10.2. The minimum Gasteiger partial charge on any atom is -0.324 e. The summed E-state index contributed by atoms with van der Waals surface area (Å²) >= 11 is 4.65. The molecule has 0 saturated carbocycles. The van der Waals surface area contributed by atoms with Gasteiger partial charge in [-0.3, -0.25) is 4.79 Å². The SMILES string of the molecule is Cc1ccc(NC(=O)CSc2ccc(S(=O)(=O)N(C)C)cn2)c(Br)c1. The number of carbonyl (C=O) groups excluding carboxylic acids is 1. The molecule has 0 fully saturated rings. The van der Waals surface area contributed by atoms with Crippen LogP contribution in [0, 0.1) is 6.92 Å². The highest BCUT2D eigenvalue weighted by molar-refractivity contribution is 9.10. The second kappa shape index (κ2) is 8.31. The van der Waals surface area contributed by atoms with Gasteiger partial charge in [0.2, 0.25) is 15.9 Å². The predicted molar refractivity (Wildman–Crippen MR) is 103 cm³/mol. The number of benzene rings is 1. The number of sulfonamides is 1. The van der Waals surface area contributed by atoms with Crippen molar-refractivity contribution in [1.29, 1.82) is 0 Å². The van der Waals surface area contributed by atoms with E-state index in [1.54, 1.807) is 6.07 Å². The maximum Gasteiger partial charge on any atom is 0.244 e. The molecular weight excluding hydrogens is 426 g/mol. The summed E-state index contributed by atoms with van der Waals surface area (Å²) in [6, 6.07) is 8.75. The molecule has 0 aliphatic rings. The smallest absolute Gasteiger partial charge is 0.244 e. The Kier molecular flexibility index (Phi) is 6.61. The minimum atomic E-state index is -3.50. The zero-order valence-corrected chi connectivity index (χ0v) is 17.2. The van der Waals surface area contributed by atoms with Crippen LogP contribution in [0.1, 0.15) is 5.56 Å². The monoisotopic (exact) mass is 443 g/mol. The third kappa shape index (κ3) is 5.27. The van der Waals surface area contributed by atoms with Crippen LogP contribution in [0.2, 0.25) is 0 Å². The van der Waals surface area contributed by atoms with Gasteiger partial charge in [-0.25, -0.2) is 17.7 Å². The second-order valence-corrected chi connectivity index (χ2v) is 9.44. The van der Waals surface area contributed by atoms with Crippen molar-refractivity contribution in [3.63, 3.8) is 0 Å². The van der Waals surface area contributed by atoms with E-state index < -0.39 is 10.0 Å². The van der Waals surface area contributed by atoms with Crippen LogP contribution in [0.4, 0.5) is 5.69 Å². The van der Waals surface area contributed by atoms with Crippen molar-refractivity contribution in [2.45, 2.75) is 16.8 Å². The van der Waals surface area contributed by atoms with Crippen LogP contribution in [0.15, 0.2) is 50.9 Å². The maximum atomic E-state index is 12.1. The lowest BCUT2D eigenvalue weighted by Crippen LogP contribution is -2.22. The lowest BCUT2D eigenvalue weighted by molar-refractivity contribution is -0.113. The molecule has 134 valence electrons. The van der Waals surface area contributed by atoms with Gasteiger partial charge in [0.1, 0.15) is 4.90 Å². The Hall–Kier alpha value is -1.42. The molecule has 1 N–H and O–H groups in total. The van der Waals surface area contributed by atoms with E-state index >= 15 is 0 Å². The molecular formula is C16H18BrN3O3S2. The summed E-state index contributed by atoms with van der Waals surface area (Å²) in [4.78, 5) is 16.3. The molecule has 2 rings (SSSR count). The number of rotatable bonds is 6. The summed E-state index contributed by atoms with van der Waals surface area (Å²) in [6.45, 7) is 1.97. The fourth-order valence-electron chi connectivity index (χ4n) is 1.86. The zero-order chi connectivity index (χ0) is 18.6. The molecule has 0 aliphatic heterocycles. The van der Waals surface area contributed by atoms with E-state index in [1.165, 1.54) is 38.1 Å². The number of hydrogen-bond donors (Lipinski definition) is 1. The third-order valence-corrected chi connectivity index (χ3v) is 6.64. The fourth-order valence-corrected chi connectivity index (χ4v) is 3.95. The largest absolute Gasteiger partial charge is 0.324 e. The Balaban J connectivity index is 1.96. The van der Waals surface area contributed by atoms with E-state index in [0.29, 0.717) is 10.7 Å². The number of nitrogens with one attached hydrogen (secondary N) is 1. The first kappa shape index (κ1) is 19.9. The topological polar surface area (TPSA) is 79.4 Å². The van der Waals surface area contributed by atoms with Gasteiger partial charge < -0.3 is 5.32 Å². The van der Waals surface area contributed by atoms with Crippen LogP contribution >= 0.6 is 27.7 Å².